The van der Waals surface area contributed by atoms with Crippen molar-refractivity contribution < 1.29 is 4.74 Å². The van der Waals surface area contributed by atoms with E-state index >= 15 is 0 Å². The maximum Gasteiger partial charge on any atom is 0.168 e. The summed E-state index contributed by atoms with van der Waals surface area (Å²) in [6.45, 7) is 7.52. The Bertz CT molecular complexity index is 1360. The van der Waals surface area contributed by atoms with Gasteiger partial charge in [-0.15, -0.1) is 11.3 Å². The number of thiophene rings is 1. The summed E-state index contributed by atoms with van der Waals surface area (Å²) in [4.78, 5) is 12.7. The van der Waals surface area contributed by atoms with Crippen molar-refractivity contribution in [1.82, 2.24) is 19.7 Å². The topological polar surface area (TPSA) is 56.1 Å². The normalized spacial score (nSPS) is 11.1. The summed E-state index contributed by atoms with van der Waals surface area (Å²) in [6.07, 6.45) is 3.48. The molecule has 0 fully saturated rings. The molecule has 6 nitrogen and oxygen atoms in total. The van der Waals surface area contributed by atoms with Crippen LogP contribution in [0.1, 0.15) is 22.9 Å². The van der Waals surface area contributed by atoms with Gasteiger partial charge in [-0.25, -0.2) is 14.6 Å². The summed E-state index contributed by atoms with van der Waals surface area (Å²) in [5, 5.41) is 7.69. The fourth-order valence-corrected chi connectivity index (χ4v) is 4.74. The van der Waals surface area contributed by atoms with Crippen LogP contribution in [-0.2, 0) is 6.54 Å². The van der Waals surface area contributed by atoms with Crippen LogP contribution in [0.4, 0.5) is 11.5 Å². The molecule has 33 heavy (non-hydrogen) atoms. The Morgan fingerprint density at radius 3 is 2.48 bits per heavy atom. The summed E-state index contributed by atoms with van der Waals surface area (Å²) < 4.78 is 7.53. The van der Waals surface area contributed by atoms with Crippen molar-refractivity contribution in [3.63, 3.8) is 0 Å². The maximum atomic E-state index is 5.64. The summed E-state index contributed by atoms with van der Waals surface area (Å²) in [5.41, 5.74) is 5.20. The van der Waals surface area contributed by atoms with Crippen molar-refractivity contribution in [3.05, 3.63) is 88.5 Å². The second-order valence-corrected chi connectivity index (χ2v) is 8.96. The molecule has 0 atom stereocenters. The van der Waals surface area contributed by atoms with Crippen LogP contribution < -0.4 is 9.64 Å². The van der Waals surface area contributed by atoms with Crippen molar-refractivity contribution in [2.24, 2.45) is 0 Å². The third-order valence-electron chi connectivity index (χ3n) is 5.40. The number of hydrogen-bond acceptors (Lipinski definition) is 6. The highest BCUT2D eigenvalue weighted by molar-refractivity contribution is 7.09. The highest BCUT2D eigenvalue weighted by Gasteiger charge is 2.19. The quantitative estimate of drug-likeness (QED) is 0.291. The van der Waals surface area contributed by atoms with E-state index in [2.05, 4.69) is 71.6 Å². The van der Waals surface area contributed by atoms with Gasteiger partial charge in [-0.1, -0.05) is 12.1 Å². The van der Waals surface area contributed by atoms with Gasteiger partial charge < -0.3 is 9.64 Å². The molecule has 5 aromatic rings. The number of fused-ring (bicyclic) bond motifs is 1. The van der Waals surface area contributed by atoms with Gasteiger partial charge in [0, 0.05) is 10.6 Å². The van der Waals surface area contributed by atoms with E-state index in [0.717, 1.165) is 34.0 Å². The molecule has 166 valence electrons. The number of aryl methyl sites for hydroxylation is 2. The molecule has 7 heteroatoms. The van der Waals surface area contributed by atoms with Crippen molar-refractivity contribution in [2.75, 3.05) is 11.5 Å². The lowest BCUT2D eigenvalue weighted by Gasteiger charge is -2.24. The second kappa shape index (κ2) is 9.03. The number of ether oxygens (including phenoxy) is 1. The van der Waals surface area contributed by atoms with Gasteiger partial charge in [-0.3, -0.25) is 0 Å². The zero-order chi connectivity index (χ0) is 22.8. The van der Waals surface area contributed by atoms with Gasteiger partial charge in [0.2, 0.25) is 0 Å². The average Bonchev–Trinajstić information content (AvgIpc) is 3.48. The van der Waals surface area contributed by atoms with Gasteiger partial charge in [0.15, 0.2) is 5.65 Å². The smallest absolute Gasteiger partial charge is 0.168 e. The third-order valence-corrected chi connectivity index (χ3v) is 6.27. The van der Waals surface area contributed by atoms with Crippen LogP contribution in [-0.4, -0.2) is 26.4 Å². The maximum absolute atomic E-state index is 5.64. The number of rotatable bonds is 7. The van der Waals surface area contributed by atoms with Crippen molar-refractivity contribution in [1.29, 1.82) is 0 Å². The summed E-state index contributed by atoms with van der Waals surface area (Å²) in [5.74, 6) is 1.68. The van der Waals surface area contributed by atoms with E-state index in [4.69, 9.17) is 14.8 Å². The van der Waals surface area contributed by atoms with E-state index in [-0.39, 0.29) is 0 Å². The molecule has 0 spiro atoms. The Kier molecular flexibility index (Phi) is 5.79. The van der Waals surface area contributed by atoms with E-state index in [1.807, 2.05) is 29.9 Å². The van der Waals surface area contributed by atoms with E-state index in [1.54, 1.807) is 17.7 Å². The SMILES string of the molecule is CCOc1ccc(N(Cc2cccs2)c2ncnc3c2cnn3-c2cc(C)cc(C)c2)cc1. The number of hydrogen-bond donors (Lipinski definition) is 0. The van der Waals surface area contributed by atoms with Crippen molar-refractivity contribution in [3.8, 4) is 11.4 Å². The standard InChI is InChI=1S/C26H25N5OS/c1-4-32-22-9-7-20(8-10-22)30(16-23-6-5-11-33-23)25-24-15-29-31(26(24)28-17-27-25)21-13-18(2)12-19(3)14-21/h5-15,17H,4,16H2,1-3H3. The zero-order valence-corrected chi connectivity index (χ0v) is 19.7. The number of aromatic nitrogens is 4. The first-order valence-electron chi connectivity index (χ1n) is 10.9. The Morgan fingerprint density at radius 1 is 1.00 bits per heavy atom. The van der Waals surface area contributed by atoms with Gasteiger partial charge in [-0.2, -0.15) is 5.10 Å². The largest absolute Gasteiger partial charge is 0.494 e. The van der Waals surface area contributed by atoms with Crippen LogP contribution in [0.25, 0.3) is 16.7 Å². The summed E-state index contributed by atoms with van der Waals surface area (Å²) in [7, 11) is 0. The van der Waals surface area contributed by atoms with Gasteiger partial charge in [0.05, 0.1) is 30.4 Å². The predicted molar refractivity (Wildman–Crippen MR) is 134 cm³/mol. The highest BCUT2D eigenvalue weighted by atomic mass is 32.1. The Hall–Kier alpha value is -3.71. The monoisotopic (exact) mass is 455 g/mol. The molecule has 0 unspecified atom stereocenters. The molecule has 3 heterocycles. The van der Waals surface area contributed by atoms with Crippen LogP contribution in [0.15, 0.2) is 72.5 Å². The van der Waals surface area contributed by atoms with Gasteiger partial charge >= 0.3 is 0 Å². The fourth-order valence-electron chi connectivity index (χ4n) is 4.04. The minimum atomic E-state index is 0.641. The molecule has 0 saturated carbocycles. The molecule has 3 aromatic heterocycles. The number of nitrogens with zero attached hydrogens (tertiary/aromatic N) is 5. The molecule has 0 N–H and O–H groups in total. The van der Waals surface area contributed by atoms with Crippen LogP contribution in [0.5, 0.6) is 5.75 Å². The number of anilines is 2. The average molecular weight is 456 g/mol. The molecule has 0 saturated heterocycles. The van der Waals surface area contributed by atoms with Crippen LogP contribution in [0.3, 0.4) is 0 Å². The van der Waals surface area contributed by atoms with Gasteiger partial charge in [0.1, 0.15) is 17.9 Å². The summed E-state index contributed by atoms with van der Waals surface area (Å²) >= 11 is 1.73. The Morgan fingerprint density at radius 2 is 1.79 bits per heavy atom. The lowest BCUT2D eigenvalue weighted by molar-refractivity contribution is 0.340. The molecule has 0 bridgehead atoms. The lowest BCUT2D eigenvalue weighted by Crippen LogP contribution is -2.17. The molecule has 0 amide bonds. The van der Waals surface area contributed by atoms with E-state index in [1.165, 1.54) is 16.0 Å². The first-order valence-corrected chi connectivity index (χ1v) is 11.8. The second-order valence-electron chi connectivity index (χ2n) is 7.93. The minimum Gasteiger partial charge on any atom is -0.494 e. The van der Waals surface area contributed by atoms with E-state index in [0.29, 0.717) is 13.2 Å². The summed E-state index contributed by atoms with van der Waals surface area (Å²) in [6, 6.07) is 18.8. The number of benzene rings is 2. The molecule has 0 aliphatic carbocycles. The van der Waals surface area contributed by atoms with Crippen LogP contribution in [0.2, 0.25) is 0 Å². The predicted octanol–water partition coefficient (Wildman–Crippen LogP) is 6.23. The Labute approximate surface area is 197 Å². The molecule has 5 rings (SSSR count). The molecule has 2 aromatic carbocycles. The lowest BCUT2D eigenvalue weighted by atomic mass is 10.1. The first-order chi connectivity index (χ1) is 16.1. The highest BCUT2D eigenvalue weighted by Crippen LogP contribution is 2.33. The van der Waals surface area contributed by atoms with E-state index < -0.39 is 0 Å². The van der Waals surface area contributed by atoms with Crippen molar-refractivity contribution >= 4 is 33.9 Å². The third kappa shape index (κ3) is 4.32. The minimum absolute atomic E-state index is 0.641. The van der Waals surface area contributed by atoms with Crippen LogP contribution >= 0.6 is 11.3 Å². The molecule has 0 radical (unpaired) electrons. The molecular formula is C26H25N5OS. The van der Waals surface area contributed by atoms with Gasteiger partial charge in [-0.05, 0) is 79.7 Å². The molecule has 0 aliphatic heterocycles. The molecular weight excluding hydrogens is 430 g/mol. The Balaban J connectivity index is 1.62. The van der Waals surface area contributed by atoms with Crippen molar-refractivity contribution in [2.45, 2.75) is 27.3 Å². The first kappa shape index (κ1) is 21.2. The van der Waals surface area contributed by atoms with Crippen LogP contribution in [0, 0.1) is 13.8 Å². The molecule has 0 aliphatic rings. The van der Waals surface area contributed by atoms with Gasteiger partial charge in [0.25, 0.3) is 0 Å². The zero-order valence-electron chi connectivity index (χ0n) is 18.9. The van der Waals surface area contributed by atoms with E-state index in [9.17, 15) is 0 Å². The fraction of sp³-hybridized carbons (Fsp3) is 0.192.